The number of imide groups is 1. The number of amides is 11. The van der Waals surface area contributed by atoms with Crippen LogP contribution in [0.2, 0.25) is 0 Å². The van der Waals surface area contributed by atoms with Crippen molar-refractivity contribution in [1.82, 2.24) is 72.5 Å². The lowest BCUT2D eigenvalue weighted by atomic mass is 9.74. The van der Waals surface area contributed by atoms with Crippen LogP contribution in [0.25, 0.3) is 0 Å². The van der Waals surface area contributed by atoms with E-state index in [4.69, 9.17) is 4.84 Å². The van der Waals surface area contributed by atoms with Crippen LogP contribution < -0.4 is 47.9 Å². The summed E-state index contributed by atoms with van der Waals surface area (Å²) in [6.07, 6.45) is 5.40. The molecule has 11 amide bonds. The van der Waals surface area contributed by atoms with Crippen LogP contribution in [0.5, 0.6) is 0 Å². The SMILES string of the molecule is C[C@@]1(O)C2=CCCC1C(=O)NCCN1CCNC(=O)C3CCC=C(C(=O)NCCN(CCN4CCNC(=O)C5=CCCC(C(=O)NCCN(CCNC(=O)C6CCC=C(C(=O)NCC4)C6O)CC1)C5O)CC(CCCCNC(=O)CCCC(=O)ON1C(=O)CCC1=O)NC2=O)C3O. The number of aliphatic hydroxyl groups is 4. The Kier molecular flexibility index (Phi) is 28.6. The molecule has 0 aromatic heterocycles. The molecule has 9 aliphatic rings. The number of allylic oxidation sites excluding steroid dienone is 4. The molecule has 10 unspecified atom stereocenters. The van der Waals surface area contributed by atoms with Crippen LogP contribution in [0.15, 0.2) is 46.6 Å². The van der Waals surface area contributed by atoms with E-state index in [1.54, 1.807) is 24.3 Å². The maximum atomic E-state index is 14.8. The van der Waals surface area contributed by atoms with Crippen LogP contribution in [-0.2, 0) is 62.4 Å². The Balaban J connectivity index is 1.11. The van der Waals surface area contributed by atoms with Gasteiger partial charge in [-0.3, -0.25) is 72.3 Å². The molecule has 9 rings (SSSR count). The van der Waals surface area contributed by atoms with Crippen LogP contribution in [0, 0.1) is 23.7 Å². The topological polar surface area (TPSA) is 419 Å². The molecule has 97 heavy (non-hydrogen) atoms. The van der Waals surface area contributed by atoms with E-state index in [0.29, 0.717) is 56.7 Å². The monoisotopic (exact) mass is 1360 g/mol. The van der Waals surface area contributed by atoms with Gasteiger partial charge in [-0.2, -0.15) is 0 Å². The number of nitrogens with zero attached hydrogens (tertiary/aromatic N) is 5. The first kappa shape index (κ1) is 75.3. The third-order valence-electron chi connectivity index (χ3n) is 19.6. The van der Waals surface area contributed by atoms with Crippen molar-refractivity contribution in [2.75, 3.05) is 131 Å². The third-order valence-corrected chi connectivity index (χ3v) is 19.6. The number of rotatable bonds is 10. The molecule has 5 fully saturated rings. The predicted molar refractivity (Wildman–Crippen MR) is 349 cm³/mol. The highest BCUT2D eigenvalue weighted by Gasteiger charge is 2.46. The van der Waals surface area contributed by atoms with Crippen molar-refractivity contribution in [3.8, 4) is 0 Å². The Morgan fingerprint density at radius 2 is 0.897 bits per heavy atom. The fourth-order valence-corrected chi connectivity index (χ4v) is 13.9. The van der Waals surface area contributed by atoms with Crippen molar-refractivity contribution in [2.45, 2.75) is 140 Å². The Hall–Kier alpha value is -7.52. The molecule has 4 aliphatic carbocycles. The summed E-state index contributed by atoms with van der Waals surface area (Å²) in [4.78, 5) is 175. The lowest BCUT2D eigenvalue weighted by molar-refractivity contribution is -0.197. The van der Waals surface area contributed by atoms with E-state index in [-0.39, 0.29) is 210 Å². The van der Waals surface area contributed by atoms with Gasteiger partial charge in [-0.05, 0) is 84.0 Å². The normalized spacial score (nSPS) is 31.9. The van der Waals surface area contributed by atoms with Gasteiger partial charge in [0.05, 0.1) is 42.0 Å². The quantitative estimate of drug-likeness (QED) is 0.0728. The van der Waals surface area contributed by atoms with E-state index in [1.807, 2.05) is 19.6 Å². The van der Waals surface area contributed by atoms with Gasteiger partial charge in [0.2, 0.25) is 53.2 Å². The standard InChI is InChI=1S/C66H100N14O17/c1-66(96)49-16-7-17-50(66)65(95)75-42(9-2-3-22-67-51(81)18-8-19-54(84)97-80-52(82)20-21-53(80)83)41-79-36-29-73-63(93)48-15-6-14-47(57(48)87)60(90)70-25-32-77(35-28-74-64(49)94)38-37-76-30-23-68-58(88)43-10-4-12-45(55(43)85)61(91)71-26-33-78(39-40-79)34-27-72-62(92)46-13-5-11-44(56(46)86)59(89)69-24-31-76/h12-13,15,17,42-44,47,49,55-57,85-87,96H,2-11,14,16,18-41H2,1H3,(H,67,81)(H,68,88)(H,69,89)(H,70,90)(H,71,91)(H,72,92)(H,73,93)(H,74,94)(H,75,95)/t42?,43?,44?,47?,49?,55?,56?,57?,66-/m0/s1. The van der Waals surface area contributed by atoms with Crippen molar-refractivity contribution in [1.29, 1.82) is 0 Å². The zero-order chi connectivity index (χ0) is 69.6. The van der Waals surface area contributed by atoms with Gasteiger partial charge >= 0.3 is 5.97 Å². The number of carbonyl (C=O) groups is 12. The third kappa shape index (κ3) is 21.5. The fourth-order valence-electron chi connectivity index (χ4n) is 13.9. The van der Waals surface area contributed by atoms with E-state index in [1.165, 1.54) is 6.92 Å². The van der Waals surface area contributed by atoms with Gasteiger partial charge in [-0.1, -0.05) is 24.3 Å². The Morgan fingerprint density at radius 1 is 0.495 bits per heavy atom. The summed E-state index contributed by atoms with van der Waals surface area (Å²) in [6, 6.07) is -0.699. The minimum absolute atomic E-state index is 0.00161. The summed E-state index contributed by atoms with van der Waals surface area (Å²) < 4.78 is 0. The molecule has 5 heterocycles. The molecule has 11 atom stereocenters. The lowest BCUT2D eigenvalue weighted by Gasteiger charge is -2.38. The van der Waals surface area contributed by atoms with Crippen LogP contribution in [0.3, 0.4) is 0 Å². The first-order valence-electron chi connectivity index (χ1n) is 34.7. The van der Waals surface area contributed by atoms with Crippen LogP contribution in [-0.4, -0.2) is 277 Å². The highest BCUT2D eigenvalue weighted by molar-refractivity contribution is 6.02. The average Bonchev–Trinajstić information content (AvgIpc) is 1.56. The molecular formula is C66H100N14O17. The highest BCUT2D eigenvalue weighted by Crippen LogP contribution is 2.35. The molecule has 0 spiro atoms. The van der Waals surface area contributed by atoms with Crippen LogP contribution >= 0.6 is 0 Å². The van der Waals surface area contributed by atoms with Gasteiger partial charge in [0.15, 0.2) is 0 Å². The van der Waals surface area contributed by atoms with Crippen molar-refractivity contribution < 1.29 is 82.8 Å². The lowest BCUT2D eigenvalue weighted by Crippen LogP contribution is -2.54. The van der Waals surface area contributed by atoms with E-state index in [0.717, 1.165) is 0 Å². The summed E-state index contributed by atoms with van der Waals surface area (Å²) in [5.41, 5.74) is -1.83. The van der Waals surface area contributed by atoms with Gasteiger partial charge in [-0.25, -0.2) is 4.79 Å². The smallest absolute Gasteiger partial charge is 0.333 e. The highest BCUT2D eigenvalue weighted by atomic mass is 16.7. The van der Waals surface area contributed by atoms with E-state index >= 15 is 0 Å². The maximum Gasteiger partial charge on any atom is 0.333 e. The fraction of sp³-hybridized carbons (Fsp3) is 0.697. The predicted octanol–water partition coefficient (Wildman–Crippen LogP) is -4.22. The van der Waals surface area contributed by atoms with Gasteiger partial charge in [-0.15, -0.1) is 5.06 Å². The van der Waals surface area contributed by atoms with Crippen molar-refractivity contribution >= 4 is 70.9 Å². The number of aliphatic hydroxyl groups excluding tert-OH is 3. The minimum atomic E-state index is -1.95. The van der Waals surface area contributed by atoms with Crippen LogP contribution in [0.4, 0.5) is 0 Å². The number of carbonyl (C=O) groups excluding carboxylic acids is 12. The summed E-state index contributed by atoms with van der Waals surface area (Å²) in [6.45, 7) is 4.66. The Labute approximate surface area is 565 Å². The maximum absolute atomic E-state index is 14.8. The number of hydrogen-bond donors (Lipinski definition) is 13. The number of hydroxylamine groups is 2. The molecule has 5 aliphatic heterocycles. The molecule has 0 radical (unpaired) electrons. The largest absolute Gasteiger partial charge is 0.387 e. The zero-order valence-corrected chi connectivity index (χ0v) is 55.7. The molecule has 536 valence electrons. The molecule has 12 bridgehead atoms. The summed E-state index contributed by atoms with van der Waals surface area (Å²) in [5, 5.41) is 74.4. The van der Waals surface area contributed by atoms with E-state index < -0.39 is 119 Å². The summed E-state index contributed by atoms with van der Waals surface area (Å²) in [7, 11) is 0. The van der Waals surface area contributed by atoms with E-state index in [9.17, 15) is 78.0 Å². The molecule has 0 saturated carbocycles. The van der Waals surface area contributed by atoms with Gasteiger partial charge < -0.3 is 73.1 Å². The van der Waals surface area contributed by atoms with Crippen molar-refractivity contribution in [3.63, 3.8) is 0 Å². The van der Waals surface area contributed by atoms with E-state index in [2.05, 4.69) is 47.9 Å². The number of nitrogens with one attached hydrogen (secondary N) is 9. The molecule has 0 aromatic rings. The number of fused-ring (bicyclic) bond motifs is 16. The van der Waals surface area contributed by atoms with Crippen LogP contribution in [0.1, 0.15) is 110 Å². The molecule has 31 nitrogen and oxygen atoms in total. The number of hydrogen-bond acceptors (Lipinski definition) is 21. The summed E-state index contributed by atoms with van der Waals surface area (Å²) >= 11 is 0. The minimum Gasteiger partial charge on any atom is -0.387 e. The first-order valence-corrected chi connectivity index (χ1v) is 34.7. The first-order chi connectivity index (χ1) is 46.6. The van der Waals surface area contributed by atoms with Gasteiger partial charge in [0, 0.05) is 185 Å². The average molecular weight is 1360 g/mol. The Morgan fingerprint density at radius 3 is 1.35 bits per heavy atom. The molecule has 31 heteroatoms. The molecular weight excluding hydrogens is 1260 g/mol. The molecule has 0 aromatic carbocycles. The second kappa shape index (κ2) is 36.9. The zero-order valence-electron chi connectivity index (χ0n) is 55.7. The van der Waals surface area contributed by atoms with Crippen molar-refractivity contribution in [2.24, 2.45) is 23.7 Å². The number of unbranched alkanes of at least 4 members (excludes halogenated alkanes) is 1. The van der Waals surface area contributed by atoms with Crippen molar-refractivity contribution in [3.05, 3.63) is 46.6 Å². The second-order valence-corrected chi connectivity index (χ2v) is 26.4. The van der Waals surface area contributed by atoms with Gasteiger partial charge in [0.1, 0.15) is 5.60 Å². The second-order valence-electron chi connectivity index (χ2n) is 26.4. The van der Waals surface area contributed by atoms with Gasteiger partial charge in [0.25, 0.3) is 11.8 Å². The summed E-state index contributed by atoms with van der Waals surface area (Å²) in [5.74, 6) is -10.5. The molecule has 5 saturated heterocycles. The Bertz CT molecular complexity index is 2920. The molecule has 13 N–H and O–H groups in total.